The van der Waals surface area contributed by atoms with Crippen LogP contribution in [0.15, 0.2) is 18.2 Å². The Bertz CT molecular complexity index is 540. The summed E-state index contributed by atoms with van der Waals surface area (Å²) in [7, 11) is 0. The normalized spacial score (nSPS) is 22.3. The van der Waals surface area contributed by atoms with E-state index >= 15 is 0 Å². The number of thioether (sulfide) groups is 1. The fourth-order valence-corrected chi connectivity index (χ4v) is 3.58. The van der Waals surface area contributed by atoms with E-state index in [0.29, 0.717) is 12.2 Å². The highest BCUT2D eigenvalue weighted by atomic mass is 32.2. The molecule has 2 N–H and O–H groups in total. The first-order valence-corrected chi connectivity index (χ1v) is 7.52. The highest BCUT2D eigenvalue weighted by Gasteiger charge is 2.36. The monoisotopic (exact) mass is 319 g/mol. The number of benzene rings is 1. The largest absolute Gasteiger partial charge is 0.478 e. The third-order valence-electron chi connectivity index (χ3n) is 3.52. The fraction of sp³-hybridized carbons (Fsp3) is 0.500. The van der Waals surface area contributed by atoms with Gasteiger partial charge in [-0.15, -0.1) is 0 Å². The van der Waals surface area contributed by atoms with E-state index in [1.54, 1.807) is 11.8 Å². The molecule has 1 heterocycles. The maximum atomic E-state index is 12.9. The summed E-state index contributed by atoms with van der Waals surface area (Å²) >= 11 is 1.80. The lowest BCUT2D eigenvalue weighted by Crippen LogP contribution is -2.27. The first-order chi connectivity index (χ1) is 9.71. The summed E-state index contributed by atoms with van der Waals surface area (Å²) in [6.45, 7) is 2.63. The van der Waals surface area contributed by atoms with E-state index in [4.69, 9.17) is 5.11 Å². The molecule has 0 radical (unpaired) electrons. The highest BCUT2D eigenvalue weighted by Crippen LogP contribution is 2.38. The van der Waals surface area contributed by atoms with Crippen molar-refractivity contribution in [2.75, 3.05) is 17.6 Å². The van der Waals surface area contributed by atoms with Crippen molar-refractivity contribution >= 4 is 23.4 Å². The molecule has 7 heteroatoms. The van der Waals surface area contributed by atoms with Crippen molar-refractivity contribution in [1.82, 2.24) is 0 Å². The number of halogens is 3. The number of nitrogens with one attached hydrogen (secondary N) is 1. The summed E-state index contributed by atoms with van der Waals surface area (Å²) in [5, 5.41) is 11.8. The predicted octanol–water partition coefficient (Wildman–Crippen LogP) is 4.10. The van der Waals surface area contributed by atoms with Gasteiger partial charge in [0.05, 0.1) is 11.1 Å². The molecule has 1 aromatic rings. The van der Waals surface area contributed by atoms with E-state index in [1.807, 2.05) is 0 Å². The second kappa shape index (κ2) is 5.79. The van der Waals surface area contributed by atoms with E-state index in [1.165, 1.54) is 6.07 Å². The maximum absolute atomic E-state index is 12.9. The zero-order valence-corrected chi connectivity index (χ0v) is 12.3. The molecule has 1 aromatic carbocycles. The molecule has 0 spiro atoms. The Morgan fingerprint density at radius 2 is 2.19 bits per heavy atom. The van der Waals surface area contributed by atoms with Crippen molar-refractivity contribution in [2.45, 2.75) is 30.7 Å². The highest BCUT2D eigenvalue weighted by molar-refractivity contribution is 8.00. The maximum Gasteiger partial charge on any atom is 0.417 e. The average Bonchev–Trinajstić information content (AvgIpc) is 2.82. The van der Waals surface area contributed by atoms with Crippen molar-refractivity contribution in [2.24, 2.45) is 0 Å². The minimum Gasteiger partial charge on any atom is -0.478 e. The second-order valence-corrected chi connectivity index (χ2v) is 7.00. The van der Waals surface area contributed by atoms with Gasteiger partial charge in [0.2, 0.25) is 0 Å². The molecule has 0 saturated carbocycles. The van der Waals surface area contributed by atoms with Crippen molar-refractivity contribution in [3.63, 3.8) is 0 Å². The summed E-state index contributed by atoms with van der Waals surface area (Å²) in [5.74, 6) is -0.517. The van der Waals surface area contributed by atoms with Crippen molar-refractivity contribution < 1.29 is 23.1 Å². The number of carboxylic acids is 1. The zero-order valence-electron chi connectivity index (χ0n) is 11.5. The fourth-order valence-electron chi connectivity index (χ4n) is 2.34. The Hall–Kier alpha value is -1.37. The van der Waals surface area contributed by atoms with Crippen LogP contribution in [0, 0.1) is 0 Å². The number of aromatic carboxylic acids is 1. The quantitative estimate of drug-likeness (QED) is 0.877. The lowest BCUT2D eigenvalue weighted by Gasteiger charge is -2.24. The number of carboxylic acid groups (broad SMARTS) is 1. The van der Waals surface area contributed by atoms with Crippen LogP contribution in [-0.4, -0.2) is 28.1 Å². The van der Waals surface area contributed by atoms with Gasteiger partial charge in [0.25, 0.3) is 0 Å². The molecule has 1 unspecified atom stereocenters. The Balaban J connectivity index is 2.19. The van der Waals surface area contributed by atoms with Crippen LogP contribution in [0.25, 0.3) is 0 Å². The molecule has 21 heavy (non-hydrogen) atoms. The average molecular weight is 319 g/mol. The Morgan fingerprint density at radius 3 is 2.71 bits per heavy atom. The Labute approximate surface area is 124 Å². The molecule has 0 aliphatic carbocycles. The molecule has 0 amide bonds. The molecule has 1 fully saturated rings. The third-order valence-corrected chi connectivity index (χ3v) is 5.06. The first-order valence-electron chi connectivity index (χ1n) is 6.54. The van der Waals surface area contributed by atoms with E-state index in [0.717, 1.165) is 30.7 Å². The van der Waals surface area contributed by atoms with Gasteiger partial charge in [-0.2, -0.15) is 24.9 Å². The standard InChI is InChI=1S/C14H16F3NO2S/c1-13(5-2-6-21-13)8-18-9-3-4-10(12(19)20)11(7-9)14(15,16)17/h3-4,7,18H,2,5-6,8H2,1H3,(H,19,20). The van der Waals surface area contributed by atoms with Crippen molar-refractivity contribution in [1.29, 1.82) is 0 Å². The van der Waals surface area contributed by atoms with Gasteiger partial charge < -0.3 is 10.4 Å². The van der Waals surface area contributed by atoms with Crippen LogP contribution >= 0.6 is 11.8 Å². The molecular formula is C14H16F3NO2S. The summed E-state index contributed by atoms with van der Waals surface area (Å²) in [6.07, 6.45) is -2.56. The van der Waals surface area contributed by atoms with E-state index in [9.17, 15) is 18.0 Å². The van der Waals surface area contributed by atoms with Gasteiger partial charge in [-0.3, -0.25) is 0 Å². The van der Waals surface area contributed by atoms with Gasteiger partial charge in [0.15, 0.2) is 0 Å². The smallest absolute Gasteiger partial charge is 0.417 e. The minimum absolute atomic E-state index is 0.0177. The van der Waals surface area contributed by atoms with Gasteiger partial charge in [-0.25, -0.2) is 4.79 Å². The lowest BCUT2D eigenvalue weighted by molar-refractivity contribution is -0.138. The molecule has 116 valence electrons. The molecule has 1 saturated heterocycles. The molecule has 2 rings (SSSR count). The molecule has 1 aliphatic heterocycles. The summed E-state index contributed by atoms with van der Waals surface area (Å²) in [4.78, 5) is 10.9. The van der Waals surface area contributed by atoms with Gasteiger partial charge in [-0.1, -0.05) is 0 Å². The number of anilines is 1. The van der Waals surface area contributed by atoms with Gasteiger partial charge >= 0.3 is 12.1 Å². The number of hydrogen-bond acceptors (Lipinski definition) is 3. The number of hydrogen-bond donors (Lipinski definition) is 2. The van der Waals surface area contributed by atoms with Crippen LogP contribution in [0.3, 0.4) is 0 Å². The number of rotatable bonds is 4. The molecule has 1 atom stereocenters. The number of alkyl halides is 3. The Kier molecular flexibility index (Phi) is 4.41. The SMILES string of the molecule is CC1(CNc2ccc(C(=O)O)c(C(F)(F)F)c2)CCCS1. The van der Waals surface area contributed by atoms with E-state index in [2.05, 4.69) is 12.2 Å². The topological polar surface area (TPSA) is 49.3 Å². The van der Waals surface area contributed by atoms with Crippen LogP contribution in [0.1, 0.15) is 35.7 Å². The zero-order chi connectivity index (χ0) is 15.7. The molecule has 0 bridgehead atoms. The van der Waals surface area contributed by atoms with Crippen LogP contribution in [0.2, 0.25) is 0 Å². The van der Waals surface area contributed by atoms with Crippen molar-refractivity contribution in [3.8, 4) is 0 Å². The van der Waals surface area contributed by atoms with Crippen LogP contribution in [0.4, 0.5) is 18.9 Å². The van der Waals surface area contributed by atoms with Gasteiger partial charge in [0, 0.05) is 17.0 Å². The summed E-state index contributed by atoms with van der Waals surface area (Å²) < 4.78 is 38.7. The Morgan fingerprint density at radius 1 is 1.48 bits per heavy atom. The summed E-state index contributed by atoms with van der Waals surface area (Å²) in [6, 6.07) is 3.24. The molecule has 1 aliphatic rings. The summed E-state index contributed by atoms with van der Waals surface area (Å²) in [5.41, 5.74) is -1.56. The third kappa shape index (κ3) is 3.84. The van der Waals surface area contributed by atoms with Gasteiger partial charge in [0.1, 0.15) is 0 Å². The van der Waals surface area contributed by atoms with E-state index < -0.39 is 23.3 Å². The molecular weight excluding hydrogens is 303 g/mol. The van der Waals surface area contributed by atoms with E-state index in [-0.39, 0.29) is 4.75 Å². The molecule has 0 aromatic heterocycles. The van der Waals surface area contributed by atoms with Crippen LogP contribution < -0.4 is 5.32 Å². The van der Waals surface area contributed by atoms with Crippen LogP contribution in [-0.2, 0) is 6.18 Å². The lowest BCUT2D eigenvalue weighted by atomic mass is 10.0. The predicted molar refractivity (Wildman–Crippen MR) is 77.0 cm³/mol. The van der Waals surface area contributed by atoms with Gasteiger partial charge in [-0.05, 0) is 43.7 Å². The second-order valence-electron chi connectivity index (χ2n) is 5.32. The van der Waals surface area contributed by atoms with Crippen LogP contribution in [0.5, 0.6) is 0 Å². The minimum atomic E-state index is -4.68. The van der Waals surface area contributed by atoms with Crippen molar-refractivity contribution in [3.05, 3.63) is 29.3 Å². The molecule has 3 nitrogen and oxygen atoms in total. The first kappa shape index (κ1) is 16.0. The number of carbonyl (C=O) groups is 1.